The highest BCUT2D eigenvalue weighted by molar-refractivity contribution is 7.88. The summed E-state index contributed by atoms with van der Waals surface area (Å²) in [4.78, 5) is 10.0. The van der Waals surface area contributed by atoms with Gasteiger partial charge in [-0.3, -0.25) is 10.1 Å². The summed E-state index contributed by atoms with van der Waals surface area (Å²) in [5.41, 5.74) is 0.488. The maximum Gasteiger partial charge on any atom is 0.269 e. The van der Waals surface area contributed by atoms with Crippen LogP contribution in [-0.4, -0.2) is 32.5 Å². The molecule has 1 heterocycles. The van der Waals surface area contributed by atoms with Crippen molar-refractivity contribution in [3.8, 4) is 0 Å². The van der Waals surface area contributed by atoms with Gasteiger partial charge in [0.15, 0.2) is 0 Å². The summed E-state index contributed by atoms with van der Waals surface area (Å²) in [7, 11) is -3.43. The smallest absolute Gasteiger partial charge is 0.269 e. The molecule has 0 amide bonds. The minimum Gasteiger partial charge on any atom is -0.315 e. The van der Waals surface area contributed by atoms with E-state index in [4.69, 9.17) is 0 Å². The summed E-state index contributed by atoms with van der Waals surface area (Å²) in [6.07, 6.45) is 1.78. The lowest BCUT2D eigenvalue weighted by atomic mass is 10.1. The maximum absolute atomic E-state index is 12.0. The molecule has 0 spiro atoms. The van der Waals surface area contributed by atoms with Gasteiger partial charge in [-0.05, 0) is 24.9 Å². The first-order valence-corrected chi connectivity index (χ1v) is 8.05. The van der Waals surface area contributed by atoms with E-state index >= 15 is 0 Å². The Hall–Kier alpha value is -1.51. The standard InChI is InChI=1S/C12H17N3O4S/c16-15(17)12-5-3-10(4-6-12)9-20(18,19)14-11-2-1-7-13-8-11/h3-6,11,13-14H,1-2,7-9H2. The van der Waals surface area contributed by atoms with Crippen LogP contribution in [0.3, 0.4) is 0 Å². The van der Waals surface area contributed by atoms with E-state index in [0.717, 1.165) is 19.4 Å². The molecule has 110 valence electrons. The quantitative estimate of drug-likeness (QED) is 0.617. The summed E-state index contributed by atoms with van der Waals surface area (Å²) in [5, 5.41) is 13.7. The van der Waals surface area contributed by atoms with Crippen LogP contribution in [0.4, 0.5) is 5.69 Å². The van der Waals surface area contributed by atoms with E-state index in [9.17, 15) is 18.5 Å². The van der Waals surface area contributed by atoms with E-state index < -0.39 is 14.9 Å². The third-order valence-corrected chi connectivity index (χ3v) is 4.55. The molecule has 1 saturated heterocycles. The minimum absolute atomic E-state index is 0.0458. The maximum atomic E-state index is 12.0. The molecule has 0 aromatic heterocycles. The molecule has 1 aromatic carbocycles. The second kappa shape index (κ2) is 6.29. The Kier molecular flexibility index (Phi) is 4.69. The third kappa shape index (κ3) is 4.26. The zero-order valence-electron chi connectivity index (χ0n) is 10.9. The minimum atomic E-state index is -3.43. The van der Waals surface area contributed by atoms with Gasteiger partial charge in [0.05, 0.1) is 10.7 Å². The molecule has 0 saturated carbocycles. The van der Waals surface area contributed by atoms with Crippen molar-refractivity contribution in [2.75, 3.05) is 13.1 Å². The van der Waals surface area contributed by atoms with Gasteiger partial charge in [0.25, 0.3) is 5.69 Å². The molecule has 1 aliphatic heterocycles. The van der Waals surface area contributed by atoms with Gasteiger partial charge in [0.1, 0.15) is 0 Å². The number of nitrogens with one attached hydrogen (secondary N) is 2. The molecule has 0 radical (unpaired) electrons. The number of non-ortho nitro benzene ring substituents is 1. The number of nitro groups is 1. The third-order valence-electron chi connectivity index (χ3n) is 3.15. The van der Waals surface area contributed by atoms with Crippen molar-refractivity contribution in [3.05, 3.63) is 39.9 Å². The molecule has 2 rings (SSSR count). The van der Waals surface area contributed by atoms with Gasteiger partial charge in [0.2, 0.25) is 10.0 Å². The lowest BCUT2D eigenvalue weighted by Gasteiger charge is -2.23. The molecule has 1 aliphatic rings. The van der Waals surface area contributed by atoms with E-state index in [-0.39, 0.29) is 17.5 Å². The van der Waals surface area contributed by atoms with Gasteiger partial charge in [-0.1, -0.05) is 12.1 Å². The van der Waals surface area contributed by atoms with Crippen molar-refractivity contribution in [3.63, 3.8) is 0 Å². The van der Waals surface area contributed by atoms with Crippen molar-refractivity contribution in [2.24, 2.45) is 0 Å². The van der Waals surface area contributed by atoms with Gasteiger partial charge >= 0.3 is 0 Å². The van der Waals surface area contributed by atoms with Crippen LogP contribution < -0.4 is 10.0 Å². The summed E-state index contributed by atoms with van der Waals surface area (Å²) < 4.78 is 26.7. The van der Waals surface area contributed by atoms with E-state index in [1.54, 1.807) is 0 Å². The zero-order chi connectivity index (χ0) is 14.6. The molecular weight excluding hydrogens is 282 g/mol. The molecular formula is C12H17N3O4S. The largest absolute Gasteiger partial charge is 0.315 e. The van der Waals surface area contributed by atoms with Crippen molar-refractivity contribution in [2.45, 2.75) is 24.6 Å². The Balaban J connectivity index is 1.98. The highest BCUT2D eigenvalue weighted by atomic mass is 32.2. The molecule has 0 bridgehead atoms. The van der Waals surface area contributed by atoms with E-state index in [0.29, 0.717) is 12.1 Å². The van der Waals surface area contributed by atoms with Crippen molar-refractivity contribution in [1.82, 2.24) is 10.0 Å². The fourth-order valence-corrected chi connectivity index (χ4v) is 3.60. The van der Waals surface area contributed by atoms with Gasteiger partial charge < -0.3 is 5.32 Å². The summed E-state index contributed by atoms with van der Waals surface area (Å²) in [6.45, 7) is 1.56. The summed E-state index contributed by atoms with van der Waals surface area (Å²) >= 11 is 0. The van der Waals surface area contributed by atoms with Crippen molar-refractivity contribution in [1.29, 1.82) is 0 Å². The summed E-state index contributed by atoms with van der Waals surface area (Å²) in [6, 6.07) is 5.49. The predicted molar refractivity (Wildman–Crippen MR) is 74.7 cm³/mol. The number of hydrogen-bond donors (Lipinski definition) is 2. The van der Waals surface area contributed by atoms with Gasteiger partial charge in [-0.15, -0.1) is 0 Å². The van der Waals surface area contributed by atoms with Crippen LogP contribution in [0.1, 0.15) is 18.4 Å². The number of nitrogens with zero attached hydrogens (tertiary/aromatic N) is 1. The Morgan fingerprint density at radius 2 is 2.05 bits per heavy atom. The first-order valence-electron chi connectivity index (χ1n) is 6.40. The van der Waals surface area contributed by atoms with Crippen LogP contribution >= 0.6 is 0 Å². The number of hydrogen-bond acceptors (Lipinski definition) is 5. The van der Waals surface area contributed by atoms with E-state index in [1.165, 1.54) is 24.3 Å². The van der Waals surface area contributed by atoms with Crippen LogP contribution in [-0.2, 0) is 15.8 Å². The molecule has 1 unspecified atom stereocenters. The molecule has 8 heteroatoms. The number of nitro benzene ring substituents is 1. The molecule has 1 fully saturated rings. The number of piperidine rings is 1. The number of benzene rings is 1. The Morgan fingerprint density at radius 3 is 2.60 bits per heavy atom. The Labute approximate surface area is 117 Å². The SMILES string of the molecule is O=[N+]([O-])c1ccc(CS(=O)(=O)NC2CCCNC2)cc1. The molecule has 20 heavy (non-hydrogen) atoms. The molecule has 1 atom stereocenters. The zero-order valence-corrected chi connectivity index (χ0v) is 11.7. The number of sulfonamides is 1. The Morgan fingerprint density at radius 1 is 1.35 bits per heavy atom. The topological polar surface area (TPSA) is 101 Å². The monoisotopic (exact) mass is 299 g/mol. The van der Waals surface area contributed by atoms with E-state index in [1.807, 2.05) is 0 Å². The Bertz CT molecular complexity index is 565. The first kappa shape index (κ1) is 14.9. The fourth-order valence-electron chi connectivity index (χ4n) is 2.18. The van der Waals surface area contributed by atoms with Crippen LogP contribution in [0.2, 0.25) is 0 Å². The van der Waals surface area contributed by atoms with Crippen LogP contribution in [0.5, 0.6) is 0 Å². The van der Waals surface area contributed by atoms with Gasteiger partial charge in [-0.2, -0.15) is 0 Å². The van der Waals surface area contributed by atoms with Crippen LogP contribution in [0.25, 0.3) is 0 Å². The second-order valence-electron chi connectivity index (χ2n) is 4.84. The van der Waals surface area contributed by atoms with Crippen LogP contribution in [0, 0.1) is 10.1 Å². The first-order chi connectivity index (χ1) is 9.46. The summed E-state index contributed by atoms with van der Waals surface area (Å²) in [5.74, 6) is -0.165. The van der Waals surface area contributed by atoms with Crippen molar-refractivity contribution >= 4 is 15.7 Å². The predicted octanol–water partition coefficient (Wildman–Crippen LogP) is 0.766. The van der Waals surface area contributed by atoms with Crippen molar-refractivity contribution < 1.29 is 13.3 Å². The lowest BCUT2D eigenvalue weighted by molar-refractivity contribution is -0.384. The van der Waals surface area contributed by atoms with Crippen LogP contribution in [0.15, 0.2) is 24.3 Å². The molecule has 1 aromatic rings. The molecule has 0 aliphatic carbocycles. The number of rotatable bonds is 5. The average Bonchev–Trinajstić information content (AvgIpc) is 2.39. The fraction of sp³-hybridized carbons (Fsp3) is 0.500. The van der Waals surface area contributed by atoms with E-state index in [2.05, 4.69) is 10.0 Å². The average molecular weight is 299 g/mol. The second-order valence-corrected chi connectivity index (χ2v) is 6.60. The molecule has 7 nitrogen and oxygen atoms in total. The normalized spacial score (nSPS) is 19.7. The highest BCUT2D eigenvalue weighted by Crippen LogP contribution is 2.14. The van der Waals surface area contributed by atoms with Gasteiger partial charge in [0, 0.05) is 24.7 Å². The highest BCUT2D eigenvalue weighted by Gasteiger charge is 2.20. The lowest BCUT2D eigenvalue weighted by Crippen LogP contribution is -2.45. The molecule has 2 N–H and O–H groups in total. The van der Waals surface area contributed by atoms with Gasteiger partial charge in [-0.25, -0.2) is 13.1 Å².